The molecule has 0 saturated carbocycles. The Morgan fingerprint density at radius 2 is 2.00 bits per heavy atom. The normalized spacial score (nSPS) is 10.2. The largest absolute Gasteiger partial charge is 0.365 e. The first-order chi connectivity index (χ1) is 8.60. The molecular weight excluding hydrogens is 270 g/mol. The van der Waals surface area contributed by atoms with Crippen molar-refractivity contribution < 1.29 is 4.79 Å². The number of nitrogens with one attached hydrogen (secondary N) is 2. The summed E-state index contributed by atoms with van der Waals surface area (Å²) in [6.45, 7) is 1.81. The zero-order valence-corrected chi connectivity index (χ0v) is 11.5. The van der Waals surface area contributed by atoms with Crippen LogP contribution in [0.5, 0.6) is 0 Å². The molecule has 0 aliphatic carbocycles. The number of thiazole rings is 1. The summed E-state index contributed by atoms with van der Waals surface area (Å²) in [5, 5.41) is 7.10. The lowest BCUT2D eigenvalue weighted by molar-refractivity contribution is 0.103. The van der Waals surface area contributed by atoms with E-state index in [1.54, 1.807) is 31.3 Å². The fourth-order valence-corrected chi connectivity index (χ4v) is 2.38. The zero-order valence-electron chi connectivity index (χ0n) is 9.95. The number of rotatable bonds is 3. The number of amides is 1. The van der Waals surface area contributed by atoms with Crippen LogP contribution in [0.25, 0.3) is 0 Å². The number of hydrogen-bond acceptors (Lipinski definition) is 4. The second-order valence-electron chi connectivity index (χ2n) is 3.64. The van der Waals surface area contributed by atoms with Gasteiger partial charge in [-0.05, 0) is 31.2 Å². The Morgan fingerprint density at radius 1 is 1.33 bits per heavy atom. The minimum Gasteiger partial charge on any atom is -0.365 e. The van der Waals surface area contributed by atoms with E-state index in [0.717, 1.165) is 10.8 Å². The van der Waals surface area contributed by atoms with Crippen molar-refractivity contribution in [2.24, 2.45) is 0 Å². The molecule has 4 nitrogen and oxygen atoms in total. The standard InChI is InChI=1S/C12H12ClN3OS/c1-7-10(18-12(14-2)15-7)11(17)16-9-5-3-8(13)4-6-9/h3-6H,1-2H3,(H,14,15)(H,16,17). The maximum Gasteiger partial charge on any atom is 0.267 e. The molecule has 2 N–H and O–H groups in total. The van der Waals surface area contributed by atoms with Crippen molar-refractivity contribution in [1.29, 1.82) is 0 Å². The average Bonchev–Trinajstić information content (AvgIpc) is 2.73. The lowest BCUT2D eigenvalue weighted by atomic mass is 10.3. The molecule has 2 aromatic rings. The van der Waals surface area contributed by atoms with Gasteiger partial charge in [-0.2, -0.15) is 0 Å². The highest BCUT2D eigenvalue weighted by Gasteiger charge is 2.14. The van der Waals surface area contributed by atoms with Crippen molar-refractivity contribution >= 4 is 39.7 Å². The van der Waals surface area contributed by atoms with E-state index in [9.17, 15) is 4.79 Å². The predicted molar refractivity (Wildman–Crippen MR) is 75.8 cm³/mol. The first kappa shape index (κ1) is 12.9. The number of aryl methyl sites for hydroxylation is 1. The van der Waals surface area contributed by atoms with Crippen LogP contribution in [0.2, 0.25) is 5.02 Å². The van der Waals surface area contributed by atoms with Gasteiger partial charge in [-0.25, -0.2) is 4.98 Å². The van der Waals surface area contributed by atoms with E-state index in [2.05, 4.69) is 15.6 Å². The Labute approximate surface area is 114 Å². The molecular formula is C12H12ClN3OS. The summed E-state index contributed by atoms with van der Waals surface area (Å²) in [5.41, 5.74) is 1.43. The van der Waals surface area contributed by atoms with E-state index in [0.29, 0.717) is 15.6 Å². The number of carbonyl (C=O) groups excluding carboxylic acids is 1. The molecule has 0 aliphatic rings. The van der Waals surface area contributed by atoms with Crippen molar-refractivity contribution in [2.75, 3.05) is 17.7 Å². The second-order valence-corrected chi connectivity index (χ2v) is 5.08. The third-order valence-electron chi connectivity index (χ3n) is 2.32. The number of halogens is 1. The summed E-state index contributed by atoms with van der Waals surface area (Å²) in [4.78, 5) is 16.9. The van der Waals surface area contributed by atoms with Gasteiger partial charge in [0.1, 0.15) is 4.88 Å². The van der Waals surface area contributed by atoms with Crippen molar-refractivity contribution in [3.8, 4) is 0 Å². The first-order valence-corrected chi connectivity index (χ1v) is 6.51. The van der Waals surface area contributed by atoms with Crippen molar-refractivity contribution in [3.63, 3.8) is 0 Å². The Balaban J connectivity index is 2.16. The van der Waals surface area contributed by atoms with Gasteiger partial charge in [-0.3, -0.25) is 4.79 Å². The first-order valence-electron chi connectivity index (χ1n) is 5.32. The van der Waals surface area contributed by atoms with Crippen LogP contribution in [0.3, 0.4) is 0 Å². The van der Waals surface area contributed by atoms with Crippen LogP contribution in [-0.2, 0) is 0 Å². The summed E-state index contributed by atoms with van der Waals surface area (Å²) >= 11 is 7.11. The number of hydrogen-bond donors (Lipinski definition) is 2. The highest BCUT2D eigenvalue weighted by atomic mass is 35.5. The molecule has 1 aromatic carbocycles. The lowest BCUT2D eigenvalue weighted by Crippen LogP contribution is -2.11. The van der Waals surface area contributed by atoms with Gasteiger partial charge in [0.25, 0.3) is 5.91 Å². The smallest absolute Gasteiger partial charge is 0.267 e. The zero-order chi connectivity index (χ0) is 13.1. The summed E-state index contributed by atoms with van der Waals surface area (Å²) in [6, 6.07) is 6.98. The fourth-order valence-electron chi connectivity index (χ4n) is 1.44. The quantitative estimate of drug-likeness (QED) is 0.907. The van der Waals surface area contributed by atoms with Crippen LogP contribution in [-0.4, -0.2) is 17.9 Å². The molecule has 94 valence electrons. The summed E-state index contributed by atoms with van der Waals surface area (Å²) in [7, 11) is 1.78. The molecule has 0 saturated heterocycles. The molecule has 0 unspecified atom stereocenters. The van der Waals surface area contributed by atoms with Crippen LogP contribution >= 0.6 is 22.9 Å². The van der Waals surface area contributed by atoms with E-state index in [1.165, 1.54) is 11.3 Å². The number of nitrogens with zero attached hydrogens (tertiary/aromatic N) is 1. The van der Waals surface area contributed by atoms with Gasteiger partial charge in [0, 0.05) is 17.8 Å². The van der Waals surface area contributed by atoms with E-state index in [1.807, 2.05) is 6.92 Å². The van der Waals surface area contributed by atoms with Gasteiger partial charge in [0.05, 0.1) is 5.69 Å². The van der Waals surface area contributed by atoms with Gasteiger partial charge < -0.3 is 10.6 Å². The molecule has 0 bridgehead atoms. The lowest BCUT2D eigenvalue weighted by Gasteiger charge is -2.03. The monoisotopic (exact) mass is 281 g/mol. The Hall–Kier alpha value is -1.59. The van der Waals surface area contributed by atoms with Gasteiger partial charge >= 0.3 is 0 Å². The van der Waals surface area contributed by atoms with E-state index >= 15 is 0 Å². The number of carbonyl (C=O) groups is 1. The highest BCUT2D eigenvalue weighted by Crippen LogP contribution is 2.23. The minimum absolute atomic E-state index is 0.158. The molecule has 6 heteroatoms. The van der Waals surface area contributed by atoms with Crippen molar-refractivity contribution in [1.82, 2.24) is 4.98 Å². The Kier molecular flexibility index (Phi) is 3.84. The maximum absolute atomic E-state index is 12.0. The fraction of sp³-hybridized carbons (Fsp3) is 0.167. The van der Waals surface area contributed by atoms with Crippen LogP contribution in [0, 0.1) is 6.92 Å². The van der Waals surface area contributed by atoms with Crippen LogP contribution < -0.4 is 10.6 Å². The number of anilines is 2. The molecule has 18 heavy (non-hydrogen) atoms. The molecule has 1 aromatic heterocycles. The average molecular weight is 282 g/mol. The maximum atomic E-state index is 12.0. The molecule has 2 rings (SSSR count). The minimum atomic E-state index is -0.158. The van der Waals surface area contributed by atoms with Crippen molar-refractivity contribution in [2.45, 2.75) is 6.92 Å². The topological polar surface area (TPSA) is 54.0 Å². The van der Waals surface area contributed by atoms with E-state index in [-0.39, 0.29) is 5.91 Å². The summed E-state index contributed by atoms with van der Waals surface area (Å²) in [6.07, 6.45) is 0. The van der Waals surface area contributed by atoms with Crippen LogP contribution in [0.4, 0.5) is 10.8 Å². The van der Waals surface area contributed by atoms with Gasteiger partial charge in [0.15, 0.2) is 5.13 Å². The Bertz CT molecular complexity index is 565. The molecule has 0 radical (unpaired) electrons. The summed E-state index contributed by atoms with van der Waals surface area (Å²) in [5.74, 6) is -0.158. The van der Waals surface area contributed by atoms with E-state index in [4.69, 9.17) is 11.6 Å². The molecule has 1 amide bonds. The molecule has 1 heterocycles. The Morgan fingerprint density at radius 3 is 2.56 bits per heavy atom. The molecule has 0 aliphatic heterocycles. The van der Waals surface area contributed by atoms with Gasteiger partial charge in [0.2, 0.25) is 0 Å². The SMILES string of the molecule is CNc1nc(C)c(C(=O)Nc2ccc(Cl)cc2)s1. The predicted octanol–water partition coefficient (Wildman–Crippen LogP) is 3.40. The third kappa shape index (κ3) is 2.80. The number of benzene rings is 1. The van der Waals surface area contributed by atoms with Gasteiger partial charge in [-0.1, -0.05) is 22.9 Å². The second kappa shape index (κ2) is 5.37. The van der Waals surface area contributed by atoms with Gasteiger partial charge in [-0.15, -0.1) is 0 Å². The third-order valence-corrected chi connectivity index (χ3v) is 3.74. The highest BCUT2D eigenvalue weighted by molar-refractivity contribution is 7.17. The van der Waals surface area contributed by atoms with E-state index < -0.39 is 0 Å². The summed E-state index contributed by atoms with van der Waals surface area (Å²) < 4.78 is 0. The molecule has 0 spiro atoms. The van der Waals surface area contributed by atoms with Crippen molar-refractivity contribution in [3.05, 3.63) is 39.9 Å². The molecule has 0 atom stereocenters. The van der Waals surface area contributed by atoms with Crippen LogP contribution in [0.15, 0.2) is 24.3 Å². The van der Waals surface area contributed by atoms with Crippen LogP contribution in [0.1, 0.15) is 15.4 Å². The molecule has 0 fully saturated rings. The number of aromatic nitrogens is 1.